The summed E-state index contributed by atoms with van der Waals surface area (Å²) in [7, 11) is 0. The van der Waals surface area contributed by atoms with E-state index >= 15 is 0 Å². The van der Waals surface area contributed by atoms with Gasteiger partial charge < -0.3 is 14.2 Å². The summed E-state index contributed by atoms with van der Waals surface area (Å²) < 4.78 is 16.8. The Morgan fingerprint density at radius 2 is 1.95 bits per heavy atom. The molecule has 1 aromatic rings. The third-order valence-corrected chi connectivity index (χ3v) is 3.63. The van der Waals surface area contributed by atoms with Crippen LogP contribution in [0.4, 0.5) is 0 Å². The van der Waals surface area contributed by atoms with Crippen LogP contribution < -0.4 is 9.47 Å². The highest BCUT2D eigenvalue weighted by molar-refractivity contribution is 6.02. The average molecular weight is 278 g/mol. The van der Waals surface area contributed by atoms with Gasteiger partial charge in [0.25, 0.3) is 0 Å². The first kappa shape index (κ1) is 14.9. The lowest BCUT2D eigenvalue weighted by atomic mass is 9.92. The predicted octanol–water partition coefficient (Wildman–Crippen LogP) is 3.24. The number of carbonyl (C=O) groups excluding carboxylic acids is 1. The maximum absolute atomic E-state index is 12.6. The number of carbonyl (C=O) groups is 1. The summed E-state index contributed by atoms with van der Waals surface area (Å²) in [6, 6.07) is 5.34. The molecule has 1 aliphatic rings. The van der Waals surface area contributed by atoms with Crippen LogP contribution in [0.5, 0.6) is 11.5 Å². The number of hydrogen-bond acceptors (Lipinski definition) is 4. The minimum atomic E-state index is -0.783. The Kier molecular flexibility index (Phi) is 4.65. The van der Waals surface area contributed by atoms with Crippen LogP contribution in [-0.4, -0.2) is 31.2 Å². The van der Waals surface area contributed by atoms with Crippen molar-refractivity contribution in [2.75, 3.05) is 19.8 Å². The van der Waals surface area contributed by atoms with E-state index in [9.17, 15) is 4.79 Å². The maximum Gasteiger partial charge on any atom is 0.194 e. The first-order valence-corrected chi connectivity index (χ1v) is 7.19. The molecule has 1 atom stereocenters. The van der Waals surface area contributed by atoms with Gasteiger partial charge in [0, 0.05) is 18.6 Å². The van der Waals surface area contributed by atoms with Gasteiger partial charge in [-0.1, -0.05) is 6.92 Å². The molecule has 20 heavy (non-hydrogen) atoms. The molecule has 0 saturated carbocycles. The smallest absolute Gasteiger partial charge is 0.194 e. The lowest BCUT2D eigenvalue weighted by Crippen LogP contribution is -2.37. The first-order valence-electron chi connectivity index (χ1n) is 7.19. The first-order chi connectivity index (χ1) is 9.60. The van der Waals surface area contributed by atoms with Crippen LogP contribution in [0.25, 0.3) is 0 Å². The monoisotopic (exact) mass is 278 g/mol. The Morgan fingerprint density at radius 1 is 1.25 bits per heavy atom. The second-order valence-electron chi connectivity index (χ2n) is 5.06. The number of Topliss-reactive ketones (excluding diaryl/α,β-unsaturated/α-hetero) is 1. The minimum absolute atomic E-state index is 0.0162. The molecule has 1 aromatic carbocycles. The lowest BCUT2D eigenvalue weighted by molar-refractivity contribution is -0.0116. The van der Waals surface area contributed by atoms with E-state index in [1.54, 1.807) is 18.2 Å². The molecule has 1 aliphatic heterocycles. The summed E-state index contributed by atoms with van der Waals surface area (Å²) in [5, 5.41) is 0. The predicted molar refractivity (Wildman–Crippen MR) is 76.7 cm³/mol. The number of ether oxygens (including phenoxy) is 3. The Bertz CT molecular complexity index is 483. The molecule has 0 aliphatic carbocycles. The third kappa shape index (κ3) is 2.96. The Labute approximate surface area is 120 Å². The van der Waals surface area contributed by atoms with E-state index in [-0.39, 0.29) is 5.78 Å². The Morgan fingerprint density at radius 3 is 2.60 bits per heavy atom. The molecule has 1 heterocycles. The largest absolute Gasteiger partial charge is 0.490 e. The van der Waals surface area contributed by atoms with Gasteiger partial charge in [0.1, 0.15) is 5.60 Å². The number of benzene rings is 1. The zero-order valence-corrected chi connectivity index (χ0v) is 12.4. The molecule has 4 heteroatoms. The molecule has 110 valence electrons. The van der Waals surface area contributed by atoms with Gasteiger partial charge in [0.15, 0.2) is 17.3 Å². The molecule has 0 saturated heterocycles. The van der Waals surface area contributed by atoms with Crippen LogP contribution in [0.15, 0.2) is 18.2 Å². The summed E-state index contributed by atoms with van der Waals surface area (Å²) in [6.45, 7) is 7.46. The zero-order valence-electron chi connectivity index (χ0n) is 12.4. The van der Waals surface area contributed by atoms with Crippen LogP contribution in [-0.2, 0) is 4.74 Å². The quantitative estimate of drug-likeness (QED) is 0.776. The highest BCUT2D eigenvalue weighted by Gasteiger charge is 2.33. The van der Waals surface area contributed by atoms with E-state index in [0.29, 0.717) is 43.3 Å². The van der Waals surface area contributed by atoms with Crippen molar-refractivity contribution in [3.05, 3.63) is 23.8 Å². The molecule has 0 fully saturated rings. The summed E-state index contributed by atoms with van der Waals surface area (Å²) in [6.07, 6.45) is 1.48. The van der Waals surface area contributed by atoms with Crippen molar-refractivity contribution in [1.29, 1.82) is 0 Å². The molecule has 2 rings (SSSR count). The fraction of sp³-hybridized carbons (Fsp3) is 0.562. The number of ketones is 1. The standard InChI is InChI=1S/C16H22O4/c1-4-16(3,20-5-2)15(17)12-7-8-13-14(11-12)19-10-6-9-18-13/h7-8,11H,4-6,9-10H2,1-3H3. The Hall–Kier alpha value is -1.55. The second kappa shape index (κ2) is 6.27. The molecule has 1 unspecified atom stereocenters. The van der Waals surface area contributed by atoms with Gasteiger partial charge >= 0.3 is 0 Å². The topological polar surface area (TPSA) is 44.8 Å². The molecular weight excluding hydrogens is 256 g/mol. The number of rotatable bonds is 5. The van der Waals surface area contributed by atoms with Gasteiger partial charge in [-0.15, -0.1) is 0 Å². The molecule has 0 N–H and O–H groups in total. The van der Waals surface area contributed by atoms with Gasteiger partial charge in [-0.2, -0.15) is 0 Å². The zero-order chi connectivity index (χ0) is 14.6. The van der Waals surface area contributed by atoms with E-state index in [0.717, 1.165) is 6.42 Å². The average Bonchev–Trinajstić information content (AvgIpc) is 2.71. The van der Waals surface area contributed by atoms with Crippen molar-refractivity contribution in [3.8, 4) is 11.5 Å². The molecule has 4 nitrogen and oxygen atoms in total. The van der Waals surface area contributed by atoms with E-state index in [1.807, 2.05) is 20.8 Å². The van der Waals surface area contributed by atoms with Crippen molar-refractivity contribution in [3.63, 3.8) is 0 Å². The molecule has 0 radical (unpaired) electrons. The summed E-state index contributed by atoms with van der Waals surface area (Å²) in [5.74, 6) is 1.33. The van der Waals surface area contributed by atoms with Crippen LogP contribution in [0, 0.1) is 0 Å². The van der Waals surface area contributed by atoms with Gasteiger partial charge in [-0.05, 0) is 38.5 Å². The van der Waals surface area contributed by atoms with Gasteiger partial charge in [-0.25, -0.2) is 0 Å². The van der Waals surface area contributed by atoms with Crippen molar-refractivity contribution >= 4 is 5.78 Å². The fourth-order valence-electron chi connectivity index (χ4n) is 2.26. The second-order valence-corrected chi connectivity index (χ2v) is 5.06. The molecular formula is C16H22O4. The number of fused-ring (bicyclic) bond motifs is 1. The maximum atomic E-state index is 12.6. The molecule has 0 bridgehead atoms. The Balaban J connectivity index is 2.28. The fourth-order valence-corrected chi connectivity index (χ4v) is 2.26. The lowest BCUT2D eigenvalue weighted by Gasteiger charge is -2.26. The van der Waals surface area contributed by atoms with Crippen LogP contribution in [0.3, 0.4) is 0 Å². The molecule has 0 aromatic heterocycles. The number of hydrogen-bond donors (Lipinski definition) is 0. The van der Waals surface area contributed by atoms with Crippen molar-refractivity contribution in [2.45, 2.75) is 39.2 Å². The van der Waals surface area contributed by atoms with Crippen LogP contribution in [0.2, 0.25) is 0 Å². The van der Waals surface area contributed by atoms with Crippen molar-refractivity contribution in [2.24, 2.45) is 0 Å². The van der Waals surface area contributed by atoms with E-state index in [1.165, 1.54) is 0 Å². The van der Waals surface area contributed by atoms with Gasteiger partial charge in [0.2, 0.25) is 0 Å². The highest BCUT2D eigenvalue weighted by Crippen LogP contribution is 2.32. The highest BCUT2D eigenvalue weighted by atomic mass is 16.5. The molecule has 0 amide bonds. The normalized spacial score (nSPS) is 17.1. The molecule has 0 spiro atoms. The third-order valence-electron chi connectivity index (χ3n) is 3.63. The van der Waals surface area contributed by atoms with Gasteiger partial charge in [0.05, 0.1) is 13.2 Å². The SMILES string of the molecule is CCOC(C)(CC)C(=O)c1ccc2c(c1)OCCCO2. The minimum Gasteiger partial charge on any atom is -0.490 e. The van der Waals surface area contributed by atoms with E-state index < -0.39 is 5.60 Å². The van der Waals surface area contributed by atoms with Gasteiger partial charge in [-0.3, -0.25) is 4.79 Å². The van der Waals surface area contributed by atoms with Crippen LogP contribution >= 0.6 is 0 Å². The van der Waals surface area contributed by atoms with E-state index in [2.05, 4.69) is 0 Å². The summed E-state index contributed by atoms with van der Waals surface area (Å²) in [5.41, 5.74) is -0.179. The van der Waals surface area contributed by atoms with Crippen LogP contribution in [0.1, 0.15) is 44.0 Å². The van der Waals surface area contributed by atoms with E-state index in [4.69, 9.17) is 14.2 Å². The summed E-state index contributed by atoms with van der Waals surface area (Å²) in [4.78, 5) is 12.6. The summed E-state index contributed by atoms with van der Waals surface area (Å²) >= 11 is 0. The van der Waals surface area contributed by atoms with Crippen molar-refractivity contribution < 1.29 is 19.0 Å². The van der Waals surface area contributed by atoms with Crippen molar-refractivity contribution in [1.82, 2.24) is 0 Å².